The Morgan fingerprint density at radius 2 is 2.30 bits per heavy atom. The number of alkyl halides is 2. The third kappa shape index (κ3) is 1.93. The summed E-state index contributed by atoms with van der Waals surface area (Å²) < 4.78 is -1.37. The highest BCUT2D eigenvalue weighted by molar-refractivity contribution is 9.12. The average molecular weight is 275 g/mol. The molecule has 0 saturated heterocycles. The van der Waals surface area contributed by atoms with Crippen molar-refractivity contribution in [2.24, 2.45) is 0 Å². The van der Waals surface area contributed by atoms with E-state index in [1.54, 1.807) is 0 Å². The van der Waals surface area contributed by atoms with Gasteiger partial charge in [-0.1, -0.05) is 31.9 Å². The summed E-state index contributed by atoms with van der Waals surface area (Å²) in [6.45, 7) is 1.38. The molecule has 0 amide bonds. The van der Waals surface area contributed by atoms with E-state index in [9.17, 15) is 9.90 Å². The van der Waals surface area contributed by atoms with Crippen molar-refractivity contribution in [1.82, 2.24) is 0 Å². The molecule has 0 radical (unpaired) electrons. The Balaban J connectivity index is 4.38. The first-order chi connectivity index (χ1) is 4.45. The molecule has 1 N–H and O–H groups in total. The van der Waals surface area contributed by atoms with E-state index < -0.39 is 16.4 Å². The molecule has 0 rings (SSSR count). The van der Waals surface area contributed by atoms with Crippen LogP contribution in [-0.4, -0.2) is 26.8 Å². The highest BCUT2D eigenvalue weighted by Crippen LogP contribution is 2.24. The van der Waals surface area contributed by atoms with Gasteiger partial charge in [-0.2, -0.15) is 0 Å². The molecule has 2 atom stereocenters. The van der Waals surface area contributed by atoms with Crippen LogP contribution in [0.5, 0.6) is 0 Å². The van der Waals surface area contributed by atoms with Crippen molar-refractivity contribution < 1.29 is 15.0 Å². The van der Waals surface area contributed by atoms with Gasteiger partial charge in [0.05, 0.1) is 12.1 Å². The number of hydrogen-bond donors (Lipinski definition) is 1. The molecule has 0 fully saturated rings. The summed E-state index contributed by atoms with van der Waals surface area (Å²) in [6.07, 6.45) is -0.989. The number of aliphatic hydroxyl groups is 1. The van der Waals surface area contributed by atoms with Crippen molar-refractivity contribution in [1.29, 1.82) is 0 Å². The first-order valence-corrected chi connectivity index (χ1v) is 4.51. The lowest BCUT2D eigenvalue weighted by atomic mass is 10.1. The Labute approximate surface area is 75.7 Å². The van der Waals surface area contributed by atoms with Gasteiger partial charge < -0.3 is 15.0 Å². The smallest absolute Gasteiger partial charge is 0.100 e. The van der Waals surface area contributed by atoms with Gasteiger partial charge in [0.15, 0.2) is 0 Å². The summed E-state index contributed by atoms with van der Waals surface area (Å²) in [6, 6.07) is 0. The predicted molar refractivity (Wildman–Crippen MR) is 42.1 cm³/mol. The Kier molecular flexibility index (Phi) is 3.83. The van der Waals surface area contributed by atoms with Crippen LogP contribution in [0.2, 0.25) is 0 Å². The standard InChI is InChI=1S/C5H8Br2O3/c1-3(8)5(7,2-6)4(9)10/h3,8H,2H2,1H3,(H,9,10)/p-1. The van der Waals surface area contributed by atoms with Gasteiger partial charge in [-0.3, -0.25) is 0 Å². The summed E-state index contributed by atoms with van der Waals surface area (Å²) in [5, 5.41) is 19.4. The molecule has 0 aromatic carbocycles. The van der Waals surface area contributed by atoms with Gasteiger partial charge in [-0.05, 0) is 6.92 Å². The van der Waals surface area contributed by atoms with Gasteiger partial charge in [-0.25, -0.2) is 0 Å². The molecule has 0 saturated carbocycles. The zero-order chi connectivity index (χ0) is 8.36. The number of hydrogen-bond acceptors (Lipinski definition) is 3. The Hall–Kier alpha value is 0.390. The topological polar surface area (TPSA) is 60.4 Å². The van der Waals surface area contributed by atoms with Crippen LogP contribution in [0, 0.1) is 0 Å². The second-order valence-electron chi connectivity index (χ2n) is 1.96. The van der Waals surface area contributed by atoms with Crippen molar-refractivity contribution in [3.8, 4) is 0 Å². The molecule has 2 unspecified atom stereocenters. The lowest BCUT2D eigenvalue weighted by Crippen LogP contribution is -2.51. The fourth-order valence-electron chi connectivity index (χ4n) is 0.337. The molecule has 0 heterocycles. The lowest BCUT2D eigenvalue weighted by molar-refractivity contribution is -0.310. The minimum absolute atomic E-state index is 0.111. The maximum atomic E-state index is 10.3. The van der Waals surface area contributed by atoms with Crippen molar-refractivity contribution >= 4 is 37.8 Å². The van der Waals surface area contributed by atoms with E-state index in [4.69, 9.17) is 5.11 Å². The fraction of sp³-hybridized carbons (Fsp3) is 0.800. The largest absolute Gasteiger partial charge is 0.548 e. The van der Waals surface area contributed by atoms with Crippen LogP contribution in [0.15, 0.2) is 0 Å². The second-order valence-corrected chi connectivity index (χ2v) is 3.94. The maximum absolute atomic E-state index is 10.3. The number of carboxylic acid groups (broad SMARTS) is 1. The van der Waals surface area contributed by atoms with E-state index in [2.05, 4.69) is 31.9 Å². The molecule has 0 aromatic heterocycles. The van der Waals surface area contributed by atoms with Gasteiger partial charge in [0.2, 0.25) is 0 Å². The number of halogens is 2. The normalized spacial score (nSPS) is 19.6. The van der Waals surface area contributed by atoms with Crippen LogP contribution in [-0.2, 0) is 4.79 Å². The predicted octanol–water partition coefficient (Wildman–Crippen LogP) is -0.354. The second kappa shape index (κ2) is 3.69. The Bertz CT molecular complexity index is 137. The molecule has 3 nitrogen and oxygen atoms in total. The molecule has 0 aliphatic carbocycles. The summed E-state index contributed by atoms with van der Waals surface area (Å²) in [5.74, 6) is -1.32. The van der Waals surface area contributed by atoms with E-state index in [0.717, 1.165) is 0 Å². The Morgan fingerprint density at radius 1 is 1.90 bits per heavy atom. The van der Waals surface area contributed by atoms with Crippen LogP contribution in [0.3, 0.4) is 0 Å². The van der Waals surface area contributed by atoms with E-state index in [1.807, 2.05) is 0 Å². The van der Waals surface area contributed by atoms with Gasteiger partial charge in [-0.15, -0.1) is 0 Å². The molecule has 60 valence electrons. The number of carbonyl (C=O) groups excluding carboxylic acids is 1. The third-order valence-electron chi connectivity index (χ3n) is 1.20. The fourth-order valence-corrected chi connectivity index (χ4v) is 1.03. The first kappa shape index (κ1) is 10.4. The van der Waals surface area contributed by atoms with Crippen molar-refractivity contribution in [3.05, 3.63) is 0 Å². The zero-order valence-corrected chi connectivity index (χ0v) is 8.48. The highest BCUT2D eigenvalue weighted by atomic mass is 79.9. The van der Waals surface area contributed by atoms with Crippen LogP contribution in [0.1, 0.15) is 6.92 Å². The van der Waals surface area contributed by atoms with Gasteiger partial charge in [0, 0.05) is 5.33 Å². The van der Waals surface area contributed by atoms with E-state index in [1.165, 1.54) is 6.92 Å². The van der Waals surface area contributed by atoms with Gasteiger partial charge in [0.25, 0.3) is 0 Å². The number of aliphatic carboxylic acids is 1. The van der Waals surface area contributed by atoms with Crippen LogP contribution in [0.4, 0.5) is 0 Å². The molecule has 0 aliphatic heterocycles. The molecule has 5 heteroatoms. The minimum atomic E-state index is -1.37. The zero-order valence-electron chi connectivity index (χ0n) is 5.30. The highest BCUT2D eigenvalue weighted by Gasteiger charge is 2.32. The maximum Gasteiger partial charge on any atom is 0.100 e. The van der Waals surface area contributed by atoms with Crippen LogP contribution < -0.4 is 5.11 Å². The van der Waals surface area contributed by atoms with Crippen LogP contribution >= 0.6 is 31.9 Å². The molecular formula is C5H7Br2O3-. The quantitative estimate of drug-likeness (QED) is 0.716. The monoisotopic (exact) mass is 273 g/mol. The molecular weight excluding hydrogens is 268 g/mol. The summed E-state index contributed by atoms with van der Waals surface area (Å²) >= 11 is 5.80. The third-order valence-corrected chi connectivity index (χ3v) is 4.10. The molecule has 0 bridgehead atoms. The van der Waals surface area contributed by atoms with Crippen molar-refractivity contribution in [3.63, 3.8) is 0 Å². The summed E-state index contributed by atoms with van der Waals surface area (Å²) in [7, 11) is 0. The summed E-state index contributed by atoms with van der Waals surface area (Å²) in [4.78, 5) is 10.3. The van der Waals surface area contributed by atoms with Crippen molar-refractivity contribution in [2.45, 2.75) is 17.4 Å². The van der Waals surface area contributed by atoms with Gasteiger partial charge >= 0.3 is 0 Å². The number of aliphatic hydroxyl groups excluding tert-OH is 1. The van der Waals surface area contributed by atoms with E-state index in [0.29, 0.717) is 0 Å². The minimum Gasteiger partial charge on any atom is -0.548 e. The molecule has 0 aliphatic rings. The van der Waals surface area contributed by atoms with E-state index in [-0.39, 0.29) is 5.33 Å². The molecule has 0 spiro atoms. The molecule has 0 aromatic rings. The van der Waals surface area contributed by atoms with Gasteiger partial charge in [0.1, 0.15) is 4.32 Å². The van der Waals surface area contributed by atoms with Crippen LogP contribution in [0.25, 0.3) is 0 Å². The number of carboxylic acids is 1. The molecule has 10 heavy (non-hydrogen) atoms. The lowest BCUT2D eigenvalue weighted by Gasteiger charge is -2.28. The number of carbonyl (C=O) groups is 1. The Morgan fingerprint density at radius 3 is 2.30 bits per heavy atom. The average Bonchev–Trinajstić information content (AvgIpc) is 1.85. The number of rotatable bonds is 3. The SMILES string of the molecule is CC(O)C(Br)(CBr)C(=O)[O-]. The first-order valence-electron chi connectivity index (χ1n) is 2.59. The van der Waals surface area contributed by atoms with E-state index >= 15 is 0 Å². The van der Waals surface area contributed by atoms with Crippen molar-refractivity contribution in [2.75, 3.05) is 5.33 Å². The summed E-state index contributed by atoms with van der Waals surface area (Å²) in [5.41, 5.74) is 0.